The minimum Gasteiger partial charge on any atom is -0.314 e. The summed E-state index contributed by atoms with van der Waals surface area (Å²) in [5.74, 6) is 0.312. The highest BCUT2D eigenvalue weighted by atomic mass is 32.2. The first kappa shape index (κ1) is 14.0. The molecule has 96 valence electrons. The second-order valence-electron chi connectivity index (χ2n) is 4.98. The molecule has 3 nitrogen and oxygen atoms in total. The van der Waals surface area contributed by atoms with Crippen LogP contribution in [0, 0.1) is 0 Å². The van der Waals surface area contributed by atoms with Crippen LogP contribution in [-0.2, 0) is 9.84 Å². The van der Waals surface area contributed by atoms with Crippen LogP contribution in [0.1, 0.15) is 51.4 Å². The van der Waals surface area contributed by atoms with Crippen molar-refractivity contribution in [2.75, 3.05) is 18.6 Å². The van der Waals surface area contributed by atoms with E-state index in [0.29, 0.717) is 11.8 Å². The Morgan fingerprint density at radius 2 is 1.62 bits per heavy atom. The highest BCUT2D eigenvalue weighted by Crippen LogP contribution is 2.16. The molecule has 0 amide bonds. The molecule has 16 heavy (non-hydrogen) atoms. The maximum atomic E-state index is 11.0. The molecule has 1 fully saturated rings. The van der Waals surface area contributed by atoms with E-state index in [9.17, 15) is 8.42 Å². The van der Waals surface area contributed by atoms with E-state index in [-0.39, 0.29) is 0 Å². The third-order valence-corrected chi connectivity index (χ3v) is 4.26. The van der Waals surface area contributed by atoms with Crippen molar-refractivity contribution in [3.63, 3.8) is 0 Å². The van der Waals surface area contributed by atoms with E-state index in [4.69, 9.17) is 0 Å². The number of hydrogen-bond acceptors (Lipinski definition) is 3. The van der Waals surface area contributed by atoms with Gasteiger partial charge < -0.3 is 5.32 Å². The summed E-state index contributed by atoms with van der Waals surface area (Å²) in [4.78, 5) is 0. The first-order valence-electron chi connectivity index (χ1n) is 6.49. The Balaban J connectivity index is 2.10. The average molecular weight is 247 g/mol. The zero-order valence-corrected chi connectivity index (χ0v) is 11.2. The standard InChI is InChI=1S/C12H25NO2S/c1-16(14,15)11-7-10-13-12-8-5-3-2-4-6-9-12/h12-13H,2-11H2,1H3. The maximum absolute atomic E-state index is 11.0. The molecule has 0 heterocycles. The molecule has 1 rings (SSSR count). The van der Waals surface area contributed by atoms with Gasteiger partial charge in [0.15, 0.2) is 0 Å². The molecular formula is C12H25NO2S. The molecule has 0 aromatic heterocycles. The van der Waals surface area contributed by atoms with Gasteiger partial charge in [-0.05, 0) is 25.8 Å². The Labute approximate surface area is 99.9 Å². The molecule has 1 saturated carbocycles. The normalized spacial score (nSPS) is 20.3. The highest BCUT2D eigenvalue weighted by molar-refractivity contribution is 7.90. The van der Waals surface area contributed by atoms with Crippen molar-refractivity contribution in [2.45, 2.75) is 57.4 Å². The SMILES string of the molecule is CS(=O)(=O)CCCNC1CCCCCCC1. The Kier molecular flexibility index (Phi) is 6.36. The van der Waals surface area contributed by atoms with Gasteiger partial charge in [-0.2, -0.15) is 0 Å². The van der Waals surface area contributed by atoms with E-state index < -0.39 is 9.84 Å². The summed E-state index contributed by atoms with van der Waals surface area (Å²) >= 11 is 0. The van der Waals surface area contributed by atoms with E-state index in [1.807, 2.05) is 0 Å². The van der Waals surface area contributed by atoms with Gasteiger partial charge in [-0.3, -0.25) is 0 Å². The minimum atomic E-state index is -2.78. The monoisotopic (exact) mass is 247 g/mol. The van der Waals surface area contributed by atoms with Gasteiger partial charge in [-0.1, -0.05) is 32.1 Å². The molecular weight excluding hydrogens is 222 g/mol. The van der Waals surface area contributed by atoms with Crippen LogP contribution in [0.2, 0.25) is 0 Å². The van der Waals surface area contributed by atoms with E-state index >= 15 is 0 Å². The van der Waals surface area contributed by atoms with Crippen molar-refractivity contribution >= 4 is 9.84 Å². The van der Waals surface area contributed by atoms with Gasteiger partial charge in [0.1, 0.15) is 9.84 Å². The average Bonchev–Trinajstić information content (AvgIpc) is 2.13. The quantitative estimate of drug-likeness (QED) is 0.757. The largest absolute Gasteiger partial charge is 0.314 e. The molecule has 0 spiro atoms. The molecule has 0 aromatic carbocycles. The summed E-state index contributed by atoms with van der Waals surface area (Å²) in [5.41, 5.74) is 0. The van der Waals surface area contributed by atoms with Gasteiger partial charge in [0, 0.05) is 12.3 Å². The Hall–Kier alpha value is -0.0900. The summed E-state index contributed by atoms with van der Waals surface area (Å²) in [6, 6.07) is 0.625. The second-order valence-corrected chi connectivity index (χ2v) is 7.24. The molecule has 0 saturated heterocycles. The Bertz CT molecular complexity index is 267. The fraction of sp³-hybridized carbons (Fsp3) is 1.00. The zero-order chi connectivity index (χ0) is 11.9. The van der Waals surface area contributed by atoms with E-state index in [0.717, 1.165) is 13.0 Å². The Morgan fingerprint density at radius 3 is 2.19 bits per heavy atom. The molecule has 0 atom stereocenters. The smallest absolute Gasteiger partial charge is 0.147 e. The molecule has 0 aliphatic heterocycles. The topological polar surface area (TPSA) is 46.2 Å². The summed E-state index contributed by atoms with van der Waals surface area (Å²) in [5, 5.41) is 3.50. The van der Waals surface area contributed by atoms with Crippen molar-refractivity contribution in [1.82, 2.24) is 5.32 Å². The third kappa shape index (κ3) is 7.23. The fourth-order valence-electron chi connectivity index (χ4n) is 2.30. The summed E-state index contributed by atoms with van der Waals surface area (Å²) in [7, 11) is -2.78. The van der Waals surface area contributed by atoms with Crippen LogP contribution in [-0.4, -0.2) is 33.0 Å². The number of hydrogen-bond donors (Lipinski definition) is 1. The van der Waals surface area contributed by atoms with Gasteiger partial charge in [0.05, 0.1) is 5.75 Å². The molecule has 0 unspecified atom stereocenters. The van der Waals surface area contributed by atoms with Gasteiger partial charge >= 0.3 is 0 Å². The van der Waals surface area contributed by atoms with Crippen molar-refractivity contribution in [3.8, 4) is 0 Å². The molecule has 1 aliphatic carbocycles. The molecule has 4 heteroatoms. The summed E-state index contributed by atoms with van der Waals surface area (Å²) in [6.45, 7) is 0.845. The van der Waals surface area contributed by atoms with Crippen LogP contribution in [0.15, 0.2) is 0 Å². The zero-order valence-electron chi connectivity index (χ0n) is 10.4. The molecule has 0 bridgehead atoms. The number of rotatable bonds is 5. The maximum Gasteiger partial charge on any atom is 0.147 e. The predicted octanol–water partition coefficient (Wildman–Crippen LogP) is 2.12. The highest BCUT2D eigenvalue weighted by Gasteiger charge is 2.10. The lowest BCUT2D eigenvalue weighted by Crippen LogP contribution is -2.31. The molecule has 0 aromatic rings. The van der Waals surface area contributed by atoms with Crippen molar-refractivity contribution in [2.24, 2.45) is 0 Å². The Morgan fingerprint density at radius 1 is 1.06 bits per heavy atom. The lowest BCUT2D eigenvalue weighted by molar-refractivity contribution is 0.391. The summed E-state index contributed by atoms with van der Waals surface area (Å²) in [6.07, 6.45) is 11.3. The van der Waals surface area contributed by atoms with Crippen LogP contribution in [0.4, 0.5) is 0 Å². The van der Waals surface area contributed by atoms with Crippen molar-refractivity contribution in [1.29, 1.82) is 0 Å². The minimum absolute atomic E-state index is 0.312. The third-order valence-electron chi connectivity index (χ3n) is 3.23. The molecule has 1 N–H and O–H groups in total. The van der Waals surface area contributed by atoms with E-state index in [2.05, 4.69) is 5.32 Å². The van der Waals surface area contributed by atoms with Gasteiger partial charge in [0.2, 0.25) is 0 Å². The van der Waals surface area contributed by atoms with Crippen LogP contribution < -0.4 is 5.32 Å². The number of sulfone groups is 1. The molecule has 0 radical (unpaired) electrons. The van der Waals surface area contributed by atoms with E-state index in [1.54, 1.807) is 0 Å². The van der Waals surface area contributed by atoms with Crippen LogP contribution in [0.5, 0.6) is 0 Å². The van der Waals surface area contributed by atoms with Gasteiger partial charge in [0.25, 0.3) is 0 Å². The van der Waals surface area contributed by atoms with Crippen molar-refractivity contribution < 1.29 is 8.42 Å². The predicted molar refractivity (Wildman–Crippen MR) is 68.4 cm³/mol. The van der Waals surface area contributed by atoms with Gasteiger partial charge in [-0.25, -0.2) is 8.42 Å². The van der Waals surface area contributed by atoms with Crippen LogP contribution >= 0.6 is 0 Å². The first-order valence-corrected chi connectivity index (χ1v) is 8.55. The first-order chi connectivity index (χ1) is 7.58. The van der Waals surface area contributed by atoms with Crippen LogP contribution in [0.25, 0.3) is 0 Å². The van der Waals surface area contributed by atoms with Gasteiger partial charge in [-0.15, -0.1) is 0 Å². The summed E-state index contributed by atoms with van der Waals surface area (Å²) < 4.78 is 21.9. The lowest BCUT2D eigenvalue weighted by Gasteiger charge is -2.20. The lowest BCUT2D eigenvalue weighted by atomic mass is 9.97. The second kappa shape index (κ2) is 7.28. The van der Waals surface area contributed by atoms with E-state index in [1.165, 1.54) is 51.2 Å². The number of nitrogens with one attached hydrogen (secondary N) is 1. The molecule has 1 aliphatic rings. The van der Waals surface area contributed by atoms with Crippen molar-refractivity contribution in [3.05, 3.63) is 0 Å². The fourth-order valence-corrected chi connectivity index (χ4v) is 2.97. The van der Waals surface area contributed by atoms with Crippen LogP contribution in [0.3, 0.4) is 0 Å².